The normalized spacial score (nSPS) is 10.1. The van der Waals surface area contributed by atoms with Crippen molar-refractivity contribution >= 4 is 11.7 Å². The molecule has 0 aliphatic heterocycles. The molecule has 1 aromatic rings. The first-order chi connectivity index (χ1) is 8.69. The number of benzene rings is 1. The lowest BCUT2D eigenvalue weighted by atomic mass is 10.2. The van der Waals surface area contributed by atoms with Crippen molar-refractivity contribution in [2.45, 2.75) is 13.3 Å². The molecular weight excluding hydrogens is 234 g/mol. The Bertz CT molecular complexity index is 393. The number of ether oxygens (including phenoxy) is 3. The van der Waals surface area contributed by atoms with Gasteiger partial charge in [-0.1, -0.05) is 0 Å². The lowest BCUT2D eigenvalue weighted by Gasteiger charge is -2.08. The van der Waals surface area contributed by atoms with E-state index in [0.717, 1.165) is 0 Å². The topological polar surface area (TPSA) is 70.8 Å². The van der Waals surface area contributed by atoms with Crippen molar-refractivity contribution in [2.24, 2.45) is 0 Å². The van der Waals surface area contributed by atoms with Crippen LogP contribution in [0.15, 0.2) is 18.2 Å². The molecule has 2 N–H and O–H groups in total. The van der Waals surface area contributed by atoms with E-state index in [4.69, 9.17) is 19.9 Å². The van der Waals surface area contributed by atoms with Crippen molar-refractivity contribution in [2.75, 3.05) is 32.7 Å². The Morgan fingerprint density at radius 3 is 2.78 bits per heavy atom. The van der Waals surface area contributed by atoms with E-state index in [2.05, 4.69) is 0 Å². The van der Waals surface area contributed by atoms with Gasteiger partial charge in [0.05, 0.1) is 25.0 Å². The van der Waals surface area contributed by atoms with Gasteiger partial charge in [0.1, 0.15) is 5.75 Å². The number of rotatable bonds is 7. The lowest BCUT2D eigenvalue weighted by molar-refractivity contribution is 0.0452. The zero-order valence-electron chi connectivity index (χ0n) is 10.8. The van der Waals surface area contributed by atoms with Gasteiger partial charge in [0.15, 0.2) is 0 Å². The number of esters is 1. The van der Waals surface area contributed by atoms with E-state index >= 15 is 0 Å². The predicted octanol–water partition coefficient (Wildman–Crippen LogP) is 1.86. The third-order valence-electron chi connectivity index (χ3n) is 2.34. The highest BCUT2D eigenvalue weighted by Crippen LogP contribution is 2.22. The average Bonchev–Trinajstić information content (AvgIpc) is 2.38. The van der Waals surface area contributed by atoms with Gasteiger partial charge in [0, 0.05) is 19.6 Å². The molecule has 0 atom stereocenters. The zero-order chi connectivity index (χ0) is 13.4. The second kappa shape index (κ2) is 7.55. The van der Waals surface area contributed by atoms with Gasteiger partial charge < -0.3 is 19.9 Å². The molecular formula is C13H19NO4. The number of carbonyl (C=O) groups is 1. The number of nitrogen functional groups attached to an aromatic ring is 1. The molecule has 0 aliphatic carbocycles. The molecule has 0 bridgehead atoms. The van der Waals surface area contributed by atoms with Crippen LogP contribution in [-0.2, 0) is 9.47 Å². The van der Waals surface area contributed by atoms with Crippen LogP contribution in [0.3, 0.4) is 0 Å². The van der Waals surface area contributed by atoms with Gasteiger partial charge in [-0.05, 0) is 25.1 Å². The van der Waals surface area contributed by atoms with Crippen LogP contribution in [0.25, 0.3) is 0 Å². The molecule has 0 heterocycles. The highest BCUT2D eigenvalue weighted by molar-refractivity contribution is 5.90. The molecule has 0 fully saturated rings. The fourth-order valence-corrected chi connectivity index (χ4v) is 1.39. The maximum atomic E-state index is 11.7. The molecule has 18 heavy (non-hydrogen) atoms. The predicted molar refractivity (Wildman–Crippen MR) is 68.8 cm³/mol. The molecule has 1 aromatic carbocycles. The summed E-state index contributed by atoms with van der Waals surface area (Å²) in [6.45, 7) is 3.52. The summed E-state index contributed by atoms with van der Waals surface area (Å²) in [5.74, 6) is 0.0866. The molecule has 0 aliphatic rings. The van der Waals surface area contributed by atoms with E-state index in [-0.39, 0.29) is 5.97 Å². The first-order valence-electron chi connectivity index (χ1n) is 5.87. The van der Waals surface area contributed by atoms with E-state index in [1.807, 2.05) is 6.92 Å². The van der Waals surface area contributed by atoms with E-state index < -0.39 is 0 Å². The highest BCUT2D eigenvalue weighted by Gasteiger charge is 2.09. The van der Waals surface area contributed by atoms with E-state index in [0.29, 0.717) is 43.2 Å². The van der Waals surface area contributed by atoms with Crippen LogP contribution in [0.1, 0.15) is 23.7 Å². The Morgan fingerprint density at radius 1 is 1.33 bits per heavy atom. The summed E-state index contributed by atoms with van der Waals surface area (Å²) in [7, 11) is 1.50. The Balaban J connectivity index is 2.46. The van der Waals surface area contributed by atoms with Gasteiger partial charge in [-0.2, -0.15) is 0 Å². The number of carbonyl (C=O) groups excluding carboxylic acids is 1. The van der Waals surface area contributed by atoms with E-state index in [9.17, 15) is 4.79 Å². The van der Waals surface area contributed by atoms with Gasteiger partial charge in [-0.15, -0.1) is 0 Å². The summed E-state index contributed by atoms with van der Waals surface area (Å²) in [5.41, 5.74) is 6.58. The van der Waals surface area contributed by atoms with Gasteiger partial charge in [0.2, 0.25) is 0 Å². The molecule has 0 saturated carbocycles. The average molecular weight is 253 g/mol. The van der Waals surface area contributed by atoms with Crippen LogP contribution >= 0.6 is 0 Å². The molecule has 5 nitrogen and oxygen atoms in total. The number of hydrogen-bond donors (Lipinski definition) is 1. The van der Waals surface area contributed by atoms with Gasteiger partial charge >= 0.3 is 5.97 Å². The Labute approximate surface area is 107 Å². The van der Waals surface area contributed by atoms with Crippen LogP contribution in [0.2, 0.25) is 0 Å². The van der Waals surface area contributed by atoms with Crippen LogP contribution in [-0.4, -0.2) is 32.9 Å². The summed E-state index contributed by atoms with van der Waals surface area (Å²) in [4.78, 5) is 11.7. The molecule has 5 heteroatoms. The van der Waals surface area contributed by atoms with Crippen LogP contribution in [0.4, 0.5) is 5.69 Å². The Kier molecular flexibility index (Phi) is 6.00. The first-order valence-corrected chi connectivity index (χ1v) is 5.87. The maximum absolute atomic E-state index is 11.7. The van der Waals surface area contributed by atoms with Crippen molar-refractivity contribution < 1.29 is 19.0 Å². The smallest absolute Gasteiger partial charge is 0.338 e. The van der Waals surface area contributed by atoms with Crippen molar-refractivity contribution in [3.63, 3.8) is 0 Å². The van der Waals surface area contributed by atoms with E-state index in [1.54, 1.807) is 18.2 Å². The molecule has 0 radical (unpaired) electrons. The fourth-order valence-electron chi connectivity index (χ4n) is 1.39. The van der Waals surface area contributed by atoms with Crippen LogP contribution in [0, 0.1) is 0 Å². The quantitative estimate of drug-likeness (QED) is 0.456. The highest BCUT2D eigenvalue weighted by atomic mass is 16.5. The minimum atomic E-state index is -0.384. The standard InChI is InChI=1S/C13H19NO4/c1-3-17-7-4-8-18-13(15)10-5-6-11(14)12(9-10)16-2/h5-6,9H,3-4,7-8,14H2,1-2H3. The van der Waals surface area contributed by atoms with Crippen molar-refractivity contribution in [3.8, 4) is 5.75 Å². The molecule has 0 aromatic heterocycles. The summed E-state index contributed by atoms with van der Waals surface area (Å²) >= 11 is 0. The van der Waals surface area contributed by atoms with Gasteiger partial charge in [-0.3, -0.25) is 0 Å². The number of nitrogens with two attached hydrogens (primary N) is 1. The fraction of sp³-hybridized carbons (Fsp3) is 0.462. The third kappa shape index (κ3) is 4.25. The van der Waals surface area contributed by atoms with E-state index in [1.165, 1.54) is 7.11 Å². The summed E-state index contributed by atoms with van der Waals surface area (Å²) in [5, 5.41) is 0. The summed E-state index contributed by atoms with van der Waals surface area (Å²) < 4.78 is 15.3. The van der Waals surface area contributed by atoms with Gasteiger partial charge in [0.25, 0.3) is 0 Å². The Hall–Kier alpha value is -1.75. The second-order valence-corrected chi connectivity index (χ2v) is 3.64. The number of methoxy groups -OCH3 is 1. The summed E-state index contributed by atoms with van der Waals surface area (Å²) in [6.07, 6.45) is 0.686. The maximum Gasteiger partial charge on any atom is 0.338 e. The monoisotopic (exact) mass is 253 g/mol. The number of anilines is 1. The first kappa shape index (κ1) is 14.3. The molecule has 0 unspecified atom stereocenters. The minimum Gasteiger partial charge on any atom is -0.495 e. The lowest BCUT2D eigenvalue weighted by Crippen LogP contribution is -2.09. The third-order valence-corrected chi connectivity index (χ3v) is 2.34. The Morgan fingerprint density at radius 2 is 2.11 bits per heavy atom. The van der Waals surface area contributed by atoms with Crippen LogP contribution in [0.5, 0.6) is 5.75 Å². The van der Waals surface area contributed by atoms with Crippen molar-refractivity contribution in [1.29, 1.82) is 0 Å². The van der Waals surface area contributed by atoms with Gasteiger partial charge in [-0.25, -0.2) is 4.79 Å². The van der Waals surface area contributed by atoms with Crippen molar-refractivity contribution in [1.82, 2.24) is 0 Å². The largest absolute Gasteiger partial charge is 0.495 e. The van der Waals surface area contributed by atoms with Crippen LogP contribution < -0.4 is 10.5 Å². The number of hydrogen-bond acceptors (Lipinski definition) is 5. The molecule has 0 amide bonds. The zero-order valence-corrected chi connectivity index (χ0v) is 10.8. The SMILES string of the molecule is CCOCCCOC(=O)c1ccc(N)c(OC)c1. The second-order valence-electron chi connectivity index (χ2n) is 3.64. The molecule has 1 rings (SSSR count). The summed E-state index contributed by atoms with van der Waals surface area (Å²) in [6, 6.07) is 4.80. The molecule has 0 spiro atoms. The minimum absolute atomic E-state index is 0.339. The molecule has 100 valence electrons. The molecule has 0 saturated heterocycles. The van der Waals surface area contributed by atoms with Crippen molar-refractivity contribution in [3.05, 3.63) is 23.8 Å².